The van der Waals surface area contributed by atoms with E-state index in [4.69, 9.17) is 4.74 Å². The van der Waals surface area contributed by atoms with Gasteiger partial charge in [0.15, 0.2) is 0 Å². The Morgan fingerprint density at radius 3 is 2.35 bits per heavy atom. The number of likely N-dealkylation sites (tertiary alicyclic amines) is 1. The Bertz CT molecular complexity index is 270. The van der Waals surface area contributed by atoms with Crippen molar-refractivity contribution in [2.24, 2.45) is 11.8 Å². The minimum absolute atomic E-state index is 0.0606. The zero-order valence-corrected chi connectivity index (χ0v) is 11.4. The van der Waals surface area contributed by atoms with Crippen molar-refractivity contribution in [2.75, 3.05) is 19.6 Å². The molecule has 2 rings (SSSR count). The summed E-state index contributed by atoms with van der Waals surface area (Å²) in [5.41, 5.74) is -0.349. The number of carbonyl (C=O) groups is 1. The molecule has 1 saturated heterocycles. The first-order chi connectivity index (χ1) is 7.94. The molecule has 1 aliphatic carbocycles. The number of carbonyl (C=O) groups excluding carboxylic acids is 1. The number of ether oxygens (including phenoxy) is 1. The number of rotatable bonds is 3. The molecule has 0 spiro atoms. The SMILES string of the molecule is CC(C)(C)OC(=O)CCN1CC2CCCC2C1. The average Bonchev–Trinajstić information content (AvgIpc) is 2.70. The molecule has 17 heavy (non-hydrogen) atoms. The maximum atomic E-state index is 11.6. The van der Waals surface area contributed by atoms with E-state index in [0.29, 0.717) is 6.42 Å². The van der Waals surface area contributed by atoms with Crippen molar-refractivity contribution in [3.05, 3.63) is 0 Å². The summed E-state index contributed by atoms with van der Waals surface area (Å²) in [4.78, 5) is 14.1. The lowest BCUT2D eigenvalue weighted by Crippen LogP contribution is -2.29. The number of fused-ring (bicyclic) bond motifs is 1. The smallest absolute Gasteiger partial charge is 0.307 e. The van der Waals surface area contributed by atoms with Crippen molar-refractivity contribution in [3.63, 3.8) is 0 Å². The van der Waals surface area contributed by atoms with E-state index < -0.39 is 0 Å². The largest absolute Gasteiger partial charge is 0.460 e. The number of nitrogens with zero attached hydrogens (tertiary/aromatic N) is 1. The van der Waals surface area contributed by atoms with E-state index in [-0.39, 0.29) is 11.6 Å². The molecule has 3 nitrogen and oxygen atoms in total. The lowest BCUT2D eigenvalue weighted by Gasteiger charge is -2.21. The highest BCUT2D eigenvalue weighted by atomic mass is 16.6. The standard InChI is InChI=1S/C14H25NO2/c1-14(2,3)17-13(16)7-8-15-9-11-5-4-6-12(11)10-15/h11-12H,4-10H2,1-3H3. The highest BCUT2D eigenvalue weighted by Crippen LogP contribution is 2.37. The van der Waals surface area contributed by atoms with Gasteiger partial charge in [0.05, 0.1) is 6.42 Å². The summed E-state index contributed by atoms with van der Waals surface area (Å²) in [7, 11) is 0. The Balaban J connectivity index is 1.68. The second-order valence-corrected chi connectivity index (χ2v) is 6.55. The van der Waals surface area contributed by atoms with E-state index in [9.17, 15) is 4.79 Å². The van der Waals surface area contributed by atoms with Crippen molar-refractivity contribution in [3.8, 4) is 0 Å². The first kappa shape index (κ1) is 12.9. The minimum Gasteiger partial charge on any atom is -0.460 e. The molecule has 2 aliphatic rings. The Hall–Kier alpha value is -0.570. The summed E-state index contributed by atoms with van der Waals surface area (Å²) in [6.07, 6.45) is 4.74. The van der Waals surface area contributed by atoms with Crippen LogP contribution in [0, 0.1) is 11.8 Å². The van der Waals surface area contributed by atoms with E-state index in [1.54, 1.807) is 0 Å². The molecule has 1 aliphatic heterocycles. The Morgan fingerprint density at radius 2 is 1.82 bits per heavy atom. The predicted molar refractivity (Wildman–Crippen MR) is 67.7 cm³/mol. The van der Waals surface area contributed by atoms with E-state index in [1.807, 2.05) is 20.8 Å². The minimum atomic E-state index is -0.349. The zero-order chi connectivity index (χ0) is 12.5. The summed E-state index contributed by atoms with van der Waals surface area (Å²) in [5, 5.41) is 0. The molecule has 2 atom stereocenters. The summed E-state index contributed by atoms with van der Waals surface area (Å²) in [5.74, 6) is 1.76. The third-order valence-electron chi connectivity index (χ3n) is 3.85. The van der Waals surface area contributed by atoms with Crippen LogP contribution < -0.4 is 0 Å². The van der Waals surface area contributed by atoms with Crippen LogP contribution in [0.15, 0.2) is 0 Å². The molecule has 0 radical (unpaired) electrons. The van der Waals surface area contributed by atoms with Crippen LogP contribution in [0.1, 0.15) is 46.5 Å². The van der Waals surface area contributed by atoms with E-state index in [1.165, 1.54) is 32.4 Å². The van der Waals surface area contributed by atoms with Gasteiger partial charge in [-0.15, -0.1) is 0 Å². The fraction of sp³-hybridized carbons (Fsp3) is 0.929. The van der Waals surface area contributed by atoms with Crippen LogP contribution in [0.25, 0.3) is 0 Å². The molecule has 0 N–H and O–H groups in total. The van der Waals surface area contributed by atoms with Gasteiger partial charge >= 0.3 is 5.97 Å². The second kappa shape index (κ2) is 4.97. The van der Waals surface area contributed by atoms with Gasteiger partial charge in [-0.3, -0.25) is 4.79 Å². The number of hydrogen-bond acceptors (Lipinski definition) is 3. The Labute approximate surface area is 105 Å². The highest BCUT2D eigenvalue weighted by molar-refractivity contribution is 5.70. The Morgan fingerprint density at radius 1 is 1.24 bits per heavy atom. The van der Waals surface area contributed by atoms with Crippen LogP contribution in [0.5, 0.6) is 0 Å². The van der Waals surface area contributed by atoms with Gasteiger partial charge < -0.3 is 9.64 Å². The molecule has 0 bridgehead atoms. The van der Waals surface area contributed by atoms with Crippen LogP contribution in [-0.2, 0) is 9.53 Å². The third-order valence-corrected chi connectivity index (χ3v) is 3.85. The van der Waals surface area contributed by atoms with E-state index >= 15 is 0 Å². The average molecular weight is 239 g/mol. The van der Waals surface area contributed by atoms with Crippen LogP contribution in [0.3, 0.4) is 0 Å². The van der Waals surface area contributed by atoms with Gasteiger partial charge in [-0.05, 0) is 45.4 Å². The monoisotopic (exact) mass is 239 g/mol. The van der Waals surface area contributed by atoms with E-state index in [2.05, 4.69) is 4.90 Å². The van der Waals surface area contributed by atoms with Crippen LogP contribution in [-0.4, -0.2) is 36.1 Å². The quantitative estimate of drug-likeness (QED) is 0.709. The molecule has 2 unspecified atom stereocenters. The molecule has 0 aromatic carbocycles. The third kappa shape index (κ3) is 3.70. The van der Waals surface area contributed by atoms with Crippen molar-refractivity contribution >= 4 is 5.97 Å². The molecular weight excluding hydrogens is 214 g/mol. The van der Waals surface area contributed by atoms with Gasteiger partial charge in [-0.1, -0.05) is 6.42 Å². The van der Waals surface area contributed by atoms with Gasteiger partial charge in [-0.2, -0.15) is 0 Å². The summed E-state index contributed by atoms with van der Waals surface area (Å²) in [6, 6.07) is 0. The van der Waals surface area contributed by atoms with Crippen molar-refractivity contribution in [1.82, 2.24) is 4.90 Å². The molecule has 0 aromatic heterocycles. The van der Waals surface area contributed by atoms with Crippen LogP contribution in [0.4, 0.5) is 0 Å². The topological polar surface area (TPSA) is 29.5 Å². The lowest BCUT2D eigenvalue weighted by atomic mass is 10.0. The second-order valence-electron chi connectivity index (χ2n) is 6.55. The van der Waals surface area contributed by atoms with Crippen LogP contribution in [0.2, 0.25) is 0 Å². The zero-order valence-electron chi connectivity index (χ0n) is 11.4. The summed E-state index contributed by atoms with van der Waals surface area (Å²) >= 11 is 0. The van der Waals surface area contributed by atoms with E-state index in [0.717, 1.165) is 18.4 Å². The maximum absolute atomic E-state index is 11.6. The number of hydrogen-bond donors (Lipinski definition) is 0. The van der Waals surface area contributed by atoms with Crippen LogP contribution >= 0.6 is 0 Å². The normalized spacial score (nSPS) is 29.4. The number of esters is 1. The van der Waals surface area contributed by atoms with Gasteiger partial charge in [0.1, 0.15) is 5.60 Å². The first-order valence-electron chi connectivity index (χ1n) is 6.88. The van der Waals surface area contributed by atoms with Crippen molar-refractivity contribution in [1.29, 1.82) is 0 Å². The highest BCUT2D eigenvalue weighted by Gasteiger charge is 2.35. The molecule has 1 heterocycles. The van der Waals surface area contributed by atoms with Crippen molar-refractivity contribution in [2.45, 2.75) is 52.1 Å². The first-order valence-corrected chi connectivity index (χ1v) is 6.88. The molecule has 0 amide bonds. The van der Waals surface area contributed by atoms with Crippen molar-refractivity contribution < 1.29 is 9.53 Å². The molecule has 98 valence electrons. The predicted octanol–water partition coefficient (Wildman–Crippen LogP) is 2.45. The lowest BCUT2D eigenvalue weighted by molar-refractivity contribution is -0.155. The fourth-order valence-corrected chi connectivity index (χ4v) is 3.16. The van der Waals surface area contributed by atoms with Gasteiger partial charge in [-0.25, -0.2) is 0 Å². The van der Waals surface area contributed by atoms with Gasteiger partial charge in [0, 0.05) is 19.6 Å². The maximum Gasteiger partial charge on any atom is 0.307 e. The molecule has 3 heteroatoms. The summed E-state index contributed by atoms with van der Waals surface area (Å²) < 4.78 is 5.33. The van der Waals surface area contributed by atoms with Gasteiger partial charge in [0.2, 0.25) is 0 Å². The molecular formula is C14H25NO2. The molecule has 1 saturated carbocycles. The fourth-order valence-electron chi connectivity index (χ4n) is 3.16. The molecule has 0 aromatic rings. The molecule has 2 fully saturated rings. The van der Waals surface area contributed by atoms with Gasteiger partial charge in [0.25, 0.3) is 0 Å². The summed E-state index contributed by atoms with van der Waals surface area (Å²) in [6.45, 7) is 9.05. The Kier molecular flexibility index (Phi) is 3.76.